The van der Waals surface area contributed by atoms with E-state index in [1.807, 2.05) is 24.4 Å². The van der Waals surface area contributed by atoms with E-state index in [4.69, 9.17) is 9.97 Å². The molecule has 53 heavy (non-hydrogen) atoms. The first kappa shape index (κ1) is 34.9. The van der Waals surface area contributed by atoms with Gasteiger partial charge in [0, 0.05) is 75.0 Å². The van der Waals surface area contributed by atoms with Gasteiger partial charge in [0.15, 0.2) is 5.78 Å². The van der Waals surface area contributed by atoms with E-state index in [0.717, 1.165) is 100 Å². The van der Waals surface area contributed by atoms with Crippen LogP contribution in [-0.4, -0.2) is 87.3 Å². The molecule has 0 bridgehead atoms. The van der Waals surface area contributed by atoms with Crippen molar-refractivity contribution in [3.05, 3.63) is 75.8 Å². The van der Waals surface area contributed by atoms with Crippen LogP contribution in [0.25, 0.3) is 11.0 Å². The van der Waals surface area contributed by atoms with Gasteiger partial charge in [0.1, 0.15) is 11.5 Å². The summed E-state index contributed by atoms with van der Waals surface area (Å²) in [5, 5.41) is 6.44. The number of carbonyl (C=O) groups excluding carboxylic acids is 3. The Kier molecular flexibility index (Phi) is 9.67. The Labute approximate surface area is 308 Å². The summed E-state index contributed by atoms with van der Waals surface area (Å²) in [7, 11) is 0. The zero-order valence-corrected chi connectivity index (χ0v) is 30.5. The number of aryl methyl sites for hydroxylation is 1. The van der Waals surface area contributed by atoms with Gasteiger partial charge in [-0.2, -0.15) is 4.98 Å². The second kappa shape index (κ2) is 14.7. The lowest BCUT2D eigenvalue weighted by Crippen LogP contribution is -2.53. The first-order valence-electron chi connectivity index (χ1n) is 19.1. The molecule has 13 nitrogen and oxygen atoms in total. The van der Waals surface area contributed by atoms with E-state index in [2.05, 4.69) is 48.5 Å². The smallest absolute Gasteiger partial charge is 0.263 e. The van der Waals surface area contributed by atoms with Crippen LogP contribution in [0.3, 0.4) is 0 Å². The Morgan fingerprint density at radius 1 is 0.830 bits per heavy atom. The highest BCUT2D eigenvalue weighted by Gasteiger charge is 2.31. The molecule has 276 valence electrons. The molecule has 1 aliphatic carbocycles. The largest absolute Gasteiger partial charge is 0.370 e. The van der Waals surface area contributed by atoms with Gasteiger partial charge in [-0.1, -0.05) is 25.0 Å². The van der Waals surface area contributed by atoms with Crippen LogP contribution in [0.1, 0.15) is 91.7 Å². The zero-order chi connectivity index (χ0) is 36.6. The van der Waals surface area contributed by atoms with Crippen LogP contribution in [0, 0.1) is 6.92 Å². The Balaban J connectivity index is 0.869. The molecule has 3 aromatic heterocycles. The summed E-state index contributed by atoms with van der Waals surface area (Å²) in [5.74, 6) is 0.107. The lowest BCUT2D eigenvalue weighted by molar-refractivity contribution is -0.134. The predicted molar refractivity (Wildman–Crippen MR) is 204 cm³/mol. The molecule has 1 saturated carbocycles. The van der Waals surface area contributed by atoms with Gasteiger partial charge in [-0.15, -0.1) is 0 Å². The van der Waals surface area contributed by atoms with E-state index in [9.17, 15) is 19.2 Å². The number of hydrogen-bond donors (Lipinski definition) is 2. The van der Waals surface area contributed by atoms with Gasteiger partial charge in [0.25, 0.3) is 5.56 Å². The fourth-order valence-electron chi connectivity index (χ4n) is 8.85. The second-order valence-corrected chi connectivity index (χ2v) is 15.0. The van der Waals surface area contributed by atoms with Crippen LogP contribution in [0.4, 0.5) is 23.1 Å². The Bertz CT molecular complexity index is 2090. The molecule has 8 rings (SSSR count). The number of amides is 2. The maximum Gasteiger partial charge on any atom is 0.263 e. The summed E-state index contributed by atoms with van der Waals surface area (Å²) in [4.78, 5) is 71.5. The standard InChI is InChI=1S/C40H47N9O4/c1-25-33-24-42-40(45-37(33)49(29-7-3-4-8-29)39(53)36(25)26(2)50)43-34-12-10-31(23-41-34)46-16-14-28(15-17-46)47-18-20-48(21-19-47)30-9-5-6-27(22-30)32-11-13-35(51)44-38(32)52/h5-6,9-10,12,22-24,28-29,32H,3-4,7-8,11,13-21H2,1-2H3,(H,44,51,52)(H,41,42,43,45). The number of fused-ring (bicyclic) bond motifs is 1. The topological polar surface area (TPSA) is 146 Å². The van der Waals surface area contributed by atoms with Crippen molar-refractivity contribution in [3.63, 3.8) is 0 Å². The van der Waals surface area contributed by atoms with Gasteiger partial charge >= 0.3 is 0 Å². The maximum atomic E-state index is 13.6. The summed E-state index contributed by atoms with van der Waals surface area (Å²) in [5.41, 5.74) is 4.35. The van der Waals surface area contributed by atoms with Crippen LogP contribution in [0.5, 0.6) is 0 Å². The summed E-state index contributed by atoms with van der Waals surface area (Å²) in [6.45, 7) is 9.05. The predicted octanol–water partition coefficient (Wildman–Crippen LogP) is 4.87. The fourth-order valence-corrected chi connectivity index (χ4v) is 8.85. The number of hydrogen-bond acceptors (Lipinski definition) is 11. The van der Waals surface area contributed by atoms with Crippen molar-refractivity contribution in [2.75, 3.05) is 54.4 Å². The second-order valence-electron chi connectivity index (χ2n) is 15.0. The third kappa shape index (κ3) is 7.01. The number of imide groups is 1. The molecule has 13 heteroatoms. The van der Waals surface area contributed by atoms with Crippen molar-refractivity contribution in [3.8, 4) is 0 Å². The Hall–Kier alpha value is -5.17. The minimum atomic E-state index is -0.267. The number of pyridine rings is 2. The SMILES string of the molecule is CC(=O)c1c(C)c2cnc(Nc3ccc(N4CCC(N5CCN(c6cccc(C7CCC(=O)NC7=O)c6)CC5)CC4)cn3)nc2n(C2CCCC2)c1=O. The van der Waals surface area contributed by atoms with E-state index < -0.39 is 0 Å². The molecule has 3 aliphatic heterocycles. The Morgan fingerprint density at radius 3 is 2.28 bits per heavy atom. The van der Waals surface area contributed by atoms with E-state index >= 15 is 0 Å². The minimum absolute atomic E-state index is 0.0222. The fraction of sp³-hybridized carbons (Fsp3) is 0.475. The van der Waals surface area contributed by atoms with E-state index in [1.54, 1.807) is 17.7 Å². The molecule has 4 aromatic rings. The van der Waals surface area contributed by atoms with Gasteiger partial charge < -0.3 is 15.1 Å². The first-order valence-corrected chi connectivity index (χ1v) is 19.1. The number of piperazine rings is 1. The number of nitrogens with zero attached hydrogens (tertiary/aromatic N) is 7. The molecule has 6 heterocycles. The van der Waals surface area contributed by atoms with Gasteiger partial charge in [-0.05, 0) is 81.3 Å². The van der Waals surface area contributed by atoms with E-state index in [0.29, 0.717) is 41.9 Å². The normalized spacial score (nSPS) is 20.6. The number of Topliss-reactive ketones (excluding diaryl/α,β-unsaturated/α-hetero) is 1. The number of nitrogens with one attached hydrogen (secondary N) is 2. The molecule has 2 amide bonds. The van der Waals surface area contributed by atoms with Crippen LogP contribution < -0.4 is 26.0 Å². The quantitative estimate of drug-likeness (QED) is 0.190. The maximum absolute atomic E-state index is 13.6. The number of piperidine rings is 2. The molecular formula is C40H47N9O4. The van der Waals surface area contributed by atoms with Crippen molar-refractivity contribution in [1.29, 1.82) is 0 Å². The third-order valence-corrected chi connectivity index (χ3v) is 11.8. The van der Waals surface area contributed by atoms with E-state index in [-0.39, 0.29) is 40.7 Å². The third-order valence-electron chi connectivity index (χ3n) is 11.8. The molecule has 4 aliphatic rings. The molecule has 2 N–H and O–H groups in total. The monoisotopic (exact) mass is 717 g/mol. The molecule has 1 unspecified atom stereocenters. The molecule has 0 radical (unpaired) electrons. The van der Waals surface area contributed by atoms with Gasteiger partial charge in [0.05, 0.1) is 23.4 Å². The average molecular weight is 718 g/mol. The molecule has 3 saturated heterocycles. The van der Waals surface area contributed by atoms with Crippen molar-refractivity contribution in [2.45, 2.75) is 83.2 Å². The number of anilines is 4. The molecule has 4 fully saturated rings. The van der Waals surface area contributed by atoms with Crippen molar-refractivity contribution in [1.82, 2.24) is 29.7 Å². The van der Waals surface area contributed by atoms with Crippen molar-refractivity contribution in [2.24, 2.45) is 0 Å². The number of carbonyl (C=O) groups is 3. The van der Waals surface area contributed by atoms with E-state index in [1.165, 1.54) is 6.92 Å². The highest BCUT2D eigenvalue weighted by molar-refractivity contribution is 6.01. The van der Waals surface area contributed by atoms with Gasteiger partial charge in [-0.25, -0.2) is 9.97 Å². The summed E-state index contributed by atoms with van der Waals surface area (Å²) in [6.07, 6.45) is 10.6. The molecule has 0 spiro atoms. The van der Waals surface area contributed by atoms with Gasteiger partial charge in [-0.3, -0.25) is 34.0 Å². The number of ketones is 1. The van der Waals surface area contributed by atoms with Crippen molar-refractivity contribution >= 4 is 51.8 Å². The number of rotatable bonds is 8. The Morgan fingerprint density at radius 2 is 1.58 bits per heavy atom. The highest BCUT2D eigenvalue weighted by atomic mass is 16.2. The van der Waals surface area contributed by atoms with Crippen molar-refractivity contribution < 1.29 is 14.4 Å². The highest BCUT2D eigenvalue weighted by Crippen LogP contribution is 2.33. The van der Waals surface area contributed by atoms with Crippen LogP contribution >= 0.6 is 0 Å². The van der Waals surface area contributed by atoms with Crippen LogP contribution in [-0.2, 0) is 9.59 Å². The molecule has 1 aromatic carbocycles. The average Bonchev–Trinajstić information content (AvgIpc) is 3.70. The summed E-state index contributed by atoms with van der Waals surface area (Å²) >= 11 is 0. The first-order chi connectivity index (χ1) is 25.7. The number of aromatic nitrogens is 4. The van der Waals surface area contributed by atoms with Crippen LogP contribution in [0.2, 0.25) is 0 Å². The molecular weight excluding hydrogens is 670 g/mol. The lowest BCUT2D eigenvalue weighted by Gasteiger charge is -2.43. The summed E-state index contributed by atoms with van der Waals surface area (Å²) < 4.78 is 1.73. The molecule has 1 atom stereocenters. The summed E-state index contributed by atoms with van der Waals surface area (Å²) in [6, 6.07) is 12.8. The van der Waals surface area contributed by atoms with Gasteiger partial charge in [0.2, 0.25) is 17.8 Å². The van der Waals surface area contributed by atoms with Crippen LogP contribution in [0.15, 0.2) is 53.6 Å². The zero-order valence-electron chi connectivity index (χ0n) is 30.5. The minimum Gasteiger partial charge on any atom is -0.370 e. The number of benzene rings is 1. The lowest BCUT2D eigenvalue weighted by atomic mass is 9.90.